The highest BCUT2D eigenvalue weighted by Gasteiger charge is 2.40. The molecule has 0 fully saturated rings. The number of carbonyl (C=O) groups excluding carboxylic acids is 1. The molecule has 0 aromatic carbocycles. The van der Waals surface area contributed by atoms with Gasteiger partial charge in [-0.15, -0.1) is 0 Å². The second-order valence-corrected chi connectivity index (χ2v) is 3.52. The normalized spacial score (nSPS) is 11.6. The van der Waals surface area contributed by atoms with Crippen LogP contribution in [0.1, 0.15) is 16.1 Å². The van der Waals surface area contributed by atoms with Crippen LogP contribution in [0.5, 0.6) is 0 Å². The minimum atomic E-state index is -4.85. The van der Waals surface area contributed by atoms with E-state index in [0.29, 0.717) is 10.9 Å². The fourth-order valence-corrected chi connectivity index (χ4v) is 1.47. The molecule has 2 aromatic heterocycles. The molecule has 2 rings (SSSR count). The number of hydrogen-bond donors (Lipinski definition) is 1. The van der Waals surface area contributed by atoms with E-state index < -0.39 is 29.2 Å². The number of aromatic nitrogens is 3. The summed E-state index contributed by atoms with van der Waals surface area (Å²) in [6, 6.07) is 1.93. The molecule has 0 radical (unpaired) electrons. The highest BCUT2D eigenvalue weighted by Crippen LogP contribution is 2.33. The van der Waals surface area contributed by atoms with E-state index in [1.165, 1.54) is 0 Å². The van der Waals surface area contributed by atoms with Crippen LogP contribution in [0.4, 0.5) is 17.6 Å². The van der Waals surface area contributed by atoms with Crippen LogP contribution in [0.25, 0.3) is 5.82 Å². The number of rotatable bonds is 2. The maximum Gasteiger partial charge on any atom is 0.434 e. The van der Waals surface area contributed by atoms with E-state index in [0.717, 1.165) is 18.3 Å². The lowest BCUT2D eigenvalue weighted by atomic mass is 10.2. The highest BCUT2D eigenvalue weighted by molar-refractivity contribution is 5.94. The number of alkyl halides is 3. The summed E-state index contributed by atoms with van der Waals surface area (Å²) >= 11 is 0. The summed E-state index contributed by atoms with van der Waals surface area (Å²) in [4.78, 5) is 14.4. The molecule has 1 amide bonds. The Morgan fingerprint density at radius 2 is 1.95 bits per heavy atom. The number of nitrogens with two attached hydrogens (primary N) is 1. The minimum Gasteiger partial charge on any atom is -0.365 e. The van der Waals surface area contributed by atoms with Gasteiger partial charge in [-0.1, -0.05) is 0 Å². The van der Waals surface area contributed by atoms with E-state index in [1.807, 2.05) is 0 Å². The first kappa shape index (κ1) is 13.0. The summed E-state index contributed by atoms with van der Waals surface area (Å²) in [6.07, 6.45) is -3.42. The lowest BCUT2D eigenvalue weighted by Crippen LogP contribution is -2.21. The quantitative estimate of drug-likeness (QED) is 0.844. The largest absolute Gasteiger partial charge is 0.434 e. The zero-order valence-electron chi connectivity index (χ0n) is 9.15. The van der Waals surface area contributed by atoms with Gasteiger partial charge in [-0.3, -0.25) is 4.79 Å². The molecule has 0 spiro atoms. The molecule has 5 nitrogen and oxygen atoms in total. The summed E-state index contributed by atoms with van der Waals surface area (Å²) < 4.78 is 51.8. The molecule has 2 heterocycles. The van der Waals surface area contributed by atoms with Crippen molar-refractivity contribution in [3.8, 4) is 5.82 Å². The van der Waals surface area contributed by atoms with E-state index in [4.69, 9.17) is 5.73 Å². The van der Waals surface area contributed by atoms with Crippen molar-refractivity contribution in [2.24, 2.45) is 5.73 Å². The molecule has 0 saturated heterocycles. The van der Waals surface area contributed by atoms with Crippen LogP contribution in [0.3, 0.4) is 0 Å². The first-order chi connectivity index (χ1) is 8.80. The Morgan fingerprint density at radius 3 is 2.42 bits per heavy atom. The van der Waals surface area contributed by atoms with Crippen molar-refractivity contribution in [1.29, 1.82) is 0 Å². The lowest BCUT2D eigenvalue weighted by molar-refractivity contribution is -0.143. The smallest absolute Gasteiger partial charge is 0.365 e. The number of primary amides is 1. The fraction of sp³-hybridized carbons (Fsp3) is 0.100. The zero-order chi connectivity index (χ0) is 14.2. The van der Waals surface area contributed by atoms with E-state index >= 15 is 0 Å². The monoisotopic (exact) mass is 274 g/mol. The van der Waals surface area contributed by atoms with Crippen molar-refractivity contribution in [2.75, 3.05) is 0 Å². The second kappa shape index (κ2) is 4.34. The Hall–Kier alpha value is -2.45. The van der Waals surface area contributed by atoms with Gasteiger partial charge in [0.05, 0.1) is 18.0 Å². The van der Waals surface area contributed by atoms with Gasteiger partial charge >= 0.3 is 6.18 Å². The number of halogens is 4. The van der Waals surface area contributed by atoms with Crippen molar-refractivity contribution in [3.05, 3.63) is 41.6 Å². The van der Waals surface area contributed by atoms with Crippen LogP contribution < -0.4 is 5.73 Å². The molecule has 0 bridgehead atoms. The van der Waals surface area contributed by atoms with Crippen molar-refractivity contribution in [2.45, 2.75) is 6.18 Å². The molecule has 0 aliphatic rings. The summed E-state index contributed by atoms with van der Waals surface area (Å²) in [6.45, 7) is 0. The first-order valence-electron chi connectivity index (χ1n) is 4.87. The topological polar surface area (TPSA) is 73.8 Å². The van der Waals surface area contributed by atoms with Crippen molar-refractivity contribution in [3.63, 3.8) is 0 Å². The van der Waals surface area contributed by atoms with Crippen molar-refractivity contribution in [1.82, 2.24) is 14.8 Å². The Morgan fingerprint density at radius 1 is 1.26 bits per heavy atom. The molecule has 0 unspecified atom stereocenters. The molecule has 0 aliphatic carbocycles. The van der Waals surface area contributed by atoms with Crippen LogP contribution in [-0.2, 0) is 6.18 Å². The Kier molecular flexibility index (Phi) is 2.97. The van der Waals surface area contributed by atoms with E-state index in [1.54, 1.807) is 0 Å². The van der Waals surface area contributed by atoms with Gasteiger partial charge in [0.15, 0.2) is 11.5 Å². The number of hydrogen-bond acceptors (Lipinski definition) is 3. The van der Waals surface area contributed by atoms with E-state index in [-0.39, 0.29) is 5.82 Å². The average molecular weight is 274 g/mol. The van der Waals surface area contributed by atoms with Crippen LogP contribution in [0, 0.1) is 5.82 Å². The second-order valence-electron chi connectivity index (χ2n) is 3.52. The third-order valence-electron chi connectivity index (χ3n) is 2.23. The Labute approximate surface area is 103 Å². The fourth-order valence-electron chi connectivity index (χ4n) is 1.47. The molecule has 2 N–H and O–H groups in total. The third kappa shape index (κ3) is 2.39. The van der Waals surface area contributed by atoms with Gasteiger partial charge in [-0.05, 0) is 12.1 Å². The summed E-state index contributed by atoms with van der Waals surface area (Å²) in [5.74, 6) is -2.25. The van der Waals surface area contributed by atoms with Crippen LogP contribution in [-0.4, -0.2) is 20.7 Å². The predicted molar refractivity (Wildman–Crippen MR) is 54.8 cm³/mol. The summed E-state index contributed by atoms with van der Waals surface area (Å²) in [7, 11) is 0. The Balaban J connectivity index is 2.64. The van der Waals surface area contributed by atoms with Gasteiger partial charge in [0.1, 0.15) is 5.82 Å². The van der Waals surface area contributed by atoms with Crippen molar-refractivity contribution < 1.29 is 22.4 Å². The SMILES string of the molecule is NC(=O)c1cnn(-c2ccc(F)cn2)c1C(F)(F)F. The van der Waals surface area contributed by atoms with Crippen molar-refractivity contribution >= 4 is 5.91 Å². The molecular formula is C10H6F4N4O. The minimum absolute atomic E-state index is 0.277. The predicted octanol–water partition coefficient (Wildman–Crippen LogP) is 1.52. The third-order valence-corrected chi connectivity index (χ3v) is 2.23. The average Bonchev–Trinajstić information content (AvgIpc) is 2.74. The van der Waals surface area contributed by atoms with Gasteiger partial charge < -0.3 is 5.73 Å². The number of amides is 1. The van der Waals surface area contributed by atoms with Gasteiger partial charge in [0, 0.05) is 0 Å². The maximum atomic E-state index is 12.9. The zero-order valence-corrected chi connectivity index (χ0v) is 9.15. The van der Waals surface area contributed by atoms with E-state index in [9.17, 15) is 22.4 Å². The van der Waals surface area contributed by atoms with E-state index in [2.05, 4.69) is 10.1 Å². The molecular weight excluding hydrogens is 268 g/mol. The van der Waals surface area contributed by atoms with Crippen LogP contribution in [0.15, 0.2) is 24.5 Å². The standard InChI is InChI=1S/C10H6F4N4O/c11-5-1-2-7(16-3-5)18-8(10(12,13)14)6(4-17-18)9(15)19/h1-4H,(H2,15,19). The van der Waals surface area contributed by atoms with Gasteiger partial charge in [0.25, 0.3) is 5.91 Å². The molecule has 0 aliphatic heterocycles. The molecule has 0 atom stereocenters. The molecule has 2 aromatic rings. The number of pyridine rings is 1. The number of nitrogens with zero attached hydrogens (tertiary/aromatic N) is 3. The summed E-state index contributed by atoms with van der Waals surface area (Å²) in [5, 5.41) is 3.41. The first-order valence-corrected chi connectivity index (χ1v) is 4.87. The molecule has 9 heteroatoms. The molecule has 100 valence electrons. The van der Waals surface area contributed by atoms with Crippen LogP contribution in [0.2, 0.25) is 0 Å². The lowest BCUT2D eigenvalue weighted by Gasteiger charge is -2.10. The number of carbonyl (C=O) groups is 1. The highest BCUT2D eigenvalue weighted by atomic mass is 19.4. The van der Waals surface area contributed by atoms with Crippen LogP contribution >= 0.6 is 0 Å². The Bertz CT molecular complexity index is 617. The molecule has 0 saturated carbocycles. The summed E-state index contributed by atoms with van der Waals surface area (Å²) in [5.41, 5.74) is 2.73. The van der Waals surface area contributed by atoms with Gasteiger partial charge in [-0.2, -0.15) is 18.3 Å². The maximum absolute atomic E-state index is 12.9. The van der Waals surface area contributed by atoms with Gasteiger partial charge in [0.2, 0.25) is 0 Å². The van der Waals surface area contributed by atoms with Gasteiger partial charge in [-0.25, -0.2) is 14.1 Å². The molecule has 19 heavy (non-hydrogen) atoms.